The minimum Gasteiger partial charge on any atom is -0.338 e. The number of likely N-dealkylation sites (tertiary alicyclic amines) is 1. The van der Waals surface area contributed by atoms with Gasteiger partial charge in [-0.15, -0.1) is 0 Å². The van der Waals surface area contributed by atoms with Gasteiger partial charge in [0.2, 0.25) is 5.89 Å². The van der Waals surface area contributed by atoms with E-state index in [9.17, 15) is 13.2 Å². The van der Waals surface area contributed by atoms with Crippen molar-refractivity contribution in [2.75, 3.05) is 19.6 Å². The quantitative estimate of drug-likeness (QED) is 0.868. The second-order valence-electron chi connectivity index (χ2n) is 6.72. The van der Waals surface area contributed by atoms with Crippen LogP contribution in [0, 0.1) is 5.92 Å². The number of hydrogen-bond acceptors (Lipinski definition) is 5. The molecule has 2 fully saturated rings. The van der Waals surface area contributed by atoms with Gasteiger partial charge in [0.25, 0.3) is 0 Å². The van der Waals surface area contributed by atoms with E-state index in [2.05, 4.69) is 22.4 Å². The Morgan fingerprint density at radius 2 is 1.96 bits per heavy atom. The average molecular weight is 332 g/mol. The van der Waals surface area contributed by atoms with Gasteiger partial charge in [-0.1, -0.05) is 5.16 Å². The summed E-state index contributed by atoms with van der Waals surface area (Å²) >= 11 is 0. The molecule has 1 aromatic rings. The second-order valence-corrected chi connectivity index (χ2v) is 6.72. The molecule has 1 unspecified atom stereocenters. The summed E-state index contributed by atoms with van der Waals surface area (Å²) < 4.78 is 42.4. The van der Waals surface area contributed by atoms with E-state index in [4.69, 9.17) is 4.52 Å². The Morgan fingerprint density at radius 3 is 2.57 bits per heavy atom. The molecule has 2 aliphatic rings. The van der Waals surface area contributed by atoms with Crippen molar-refractivity contribution < 1.29 is 17.7 Å². The van der Waals surface area contributed by atoms with E-state index in [1.165, 1.54) is 4.90 Å². The first-order valence-corrected chi connectivity index (χ1v) is 8.25. The first-order chi connectivity index (χ1) is 10.9. The summed E-state index contributed by atoms with van der Waals surface area (Å²) in [6.45, 7) is 2.80. The molecule has 1 aliphatic heterocycles. The van der Waals surface area contributed by atoms with Crippen molar-refractivity contribution in [3.8, 4) is 0 Å². The molecular formula is C15H23F3N4O. The van der Waals surface area contributed by atoms with Crippen LogP contribution in [0.5, 0.6) is 0 Å². The smallest absolute Gasteiger partial charge is 0.338 e. The second kappa shape index (κ2) is 6.76. The van der Waals surface area contributed by atoms with Crippen molar-refractivity contribution >= 4 is 0 Å². The van der Waals surface area contributed by atoms with Crippen molar-refractivity contribution in [2.45, 2.75) is 57.3 Å². The third-order valence-electron chi connectivity index (χ3n) is 4.74. The Morgan fingerprint density at radius 1 is 1.26 bits per heavy atom. The number of nitrogens with zero attached hydrogens (tertiary/aromatic N) is 3. The SMILES string of the molecule is CC(NCc1nc(C2CC2)no1)C1CCN(CC(F)(F)F)CC1. The molecule has 1 saturated carbocycles. The average Bonchev–Trinajstić information content (AvgIpc) is 3.23. The number of aromatic nitrogens is 2. The molecule has 1 aromatic heterocycles. The fourth-order valence-corrected chi connectivity index (χ4v) is 3.13. The molecule has 0 aromatic carbocycles. The molecule has 5 nitrogen and oxygen atoms in total. The molecule has 130 valence electrons. The van der Waals surface area contributed by atoms with E-state index in [0.717, 1.165) is 31.5 Å². The zero-order chi connectivity index (χ0) is 16.4. The largest absolute Gasteiger partial charge is 0.401 e. The standard InChI is InChI=1S/C15H23F3N4O/c1-10(11-4-6-22(7-5-11)9-15(16,17)18)19-8-13-20-14(21-23-13)12-2-3-12/h10-12,19H,2-9H2,1H3. The van der Waals surface area contributed by atoms with E-state index >= 15 is 0 Å². The molecule has 3 rings (SSSR count). The lowest BCUT2D eigenvalue weighted by Gasteiger charge is -2.35. The Balaban J connectivity index is 1.39. The van der Waals surface area contributed by atoms with Crippen LogP contribution >= 0.6 is 0 Å². The van der Waals surface area contributed by atoms with Crippen LogP contribution in [0.15, 0.2) is 4.52 Å². The van der Waals surface area contributed by atoms with Gasteiger partial charge in [-0.05, 0) is 51.6 Å². The summed E-state index contributed by atoms with van der Waals surface area (Å²) in [5.41, 5.74) is 0. The number of halogens is 3. The van der Waals surface area contributed by atoms with Gasteiger partial charge in [-0.25, -0.2) is 0 Å². The van der Waals surface area contributed by atoms with Gasteiger partial charge in [0.05, 0.1) is 13.1 Å². The number of rotatable bonds is 6. The molecule has 2 heterocycles. The summed E-state index contributed by atoms with van der Waals surface area (Å²) in [5, 5.41) is 7.34. The molecule has 23 heavy (non-hydrogen) atoms. The van der Waals surface area contributed by atoms with Gasteiger partial charge < -0.3 is 9.84 Å². The minimum absolute atomic E-state index is 0.222. The Bertz CT molecular complexity index is 507. The summed E-state index contributed by atoms with van der Waals surface area (Å²) in [7, 11) is 0. The summed E-state index contributed by atoms with van der Waals surface area (Å²) in [4.78, 5) is 5.86. The summed E-state index contributed by atoms with van der Waals surface area (Å²) in [6, 6.07) is 0.222. The van der Waals surface area contributed by atoms with Gasteiger partial charge >= 0.3 is 6.18 Å². The monoisotopic (exact) mass is 332 g/mol. The third kappa shape index (κ3) is 4.91. The van der Waals surface area contributed by atoms with Crippen LogP contribution in [0.1, 0.15) is 50.2 Å². The molecule has 1 saturated heterocycles. The Kier molecular flexibility index (Phi) is 4.91. The van der Waals surface area contributed by atoms with Crippen LogP contribution < -0.4 is 5.32 Å². The number of nitrogens with one attached hydrogen (secondary N) is 1. The number of hydrogen-bond donors (Lipinski definition) is 1. The van der Waals surface area contributed by atoms with Gasteiger partial charge in [0, 0.05) is 12.0 Å². The van der Waals surface area contributed by atoms with Crippen LogP contribution in [0.25, 0.3) is 0 Å². The van der Waals surface area contributed by atoms with E-state index in [0.29, 0.717) is 37.4 Å². The lowest BCUT2D eigenvalue weighted by atomic mass is 9.90. The zero-order valence-corrected chi connectivity index (χ0v) is 13.3. The molecule has 0 bridgehead atoms. The summed E-state index contributed by atoms with van der Waals surface area (Å²) in [6.07, 6.45) is -0.269. The van der Waals surface area contributed by atoms with Crippen LogP contribution in [-0.2, 0) is 6.54 Å². The van der Waals surface area contributed by atoms with Crippen molar-refractivity contribution in [1.82, 2.24) is 20.4 Å². The van der Waals surface area contributed by atoms with Crippen molar-refractivity contribution in [3.63, 3.8) is 0 Å². The fraction of sp³-hybridized carbons (Fsp3) is 0.867. The fourth-order valence-electron chi connectivity index (χ4n) is 3.13. The maximum atomic E-state index is 12.4. The van der Waals surface area contributed by atoms with Crippen molar-refractivity contribution in [3.05, 3.63) is 11.7 Å². The normalized spacial score (nSPS) is 22.4. The van der Waals surface area contributed by atoms with Crippen LogP contribution in [0.4, 0.5) is 13.2 Å². The molecule has 0 radical (unpaired) electrons. The van der Waals surface area contributed by atoms with E-state index < -0.39 is 12.7 Å². The molecule has 1 N–H and O–H groups in total. The predicted octanol–water partition coefficient (Wildman–Crippen LogP) is 2.70. The molecule has 1 aliphatic carbocycles. The van der Waals surface area contributed by atoms with Crippen molar-refractivity contribution in [1.29, 1.82) is 0 Å². The molecule has 8 heteroatoms. The maximum absolute atomic E-state index is 12.4. The highest BCUT2D eigenvalue weighted by Gasteiger charge is 2.33. The Labute approximate surface area is 133 Å². The van der Waals surface area contributed by atoms with Crippen LogP contribution in [-0.4, -0.2) is 46.9 Å². The molecule has 0 spiro atoms. The molecule has 0 amide bonds. The number of piperidine rings is 1. The lowest BCUT2D eigenvalue weighted by Crippen LogP contribution is -2.44. The first-order valence-electron chi connectivity index (χ1n) is 8.25. The molecule has 1 atom stereocenters. The zero-order valence-electron chi connectivity index (χ0n) is 13.3. The highest BCUT2D eigenvalue weighted by Crippen LogP contribution is 2.38. The van der Waals surface area contributed by atoms with E-state index in [1.54, 1.807) is 0 Å². The summed E-state index contributed by atoms with van der Waals surface area (Å²) in [5.74, 6) is 2.25. The van der Waals surface area contributed by atoms with Crippen LogP contribution in [0.2, 0.25) is 0 Å². The van der Waals surface area contributed by atoms with E-state index in [1.807, 2.05) is 0 Å². The number of alkyl halides is 3. The first kappa shape index (κ1) is 16.7. The highest BCUT2D eigenvalue weighted by molar-refractivity contribution is 5.03. The Hall–Kier alpha value is -1.15. The lowest BCUT2D eigenvalue weighted by molar-refractivity contribution is -0.148. The van der Waals surface area contributed by atoms with Gasteiger partial charge in [-0.3, -0.25) is 4.90 Å². The maximum Gasteiger partial charge on any atom is 0.401 e. The van der Waals surface area contributed by atoms with E-state index in [-0.39, 0.29) is 6.04 Å². The molecular weight excluding hydrogens is 309 g/mol. The predicted molar refractivity (Wildman–Crippen MR) is 77.8 cm³/mol. The highest BCUT2D eigenvalue weighted by atomic mass is 19.4. The van der Waals surface area contributed by atoms with Crippen LogP contribution in [0.3, 0.4) is 0 Å². The minimum atomic E-state index is -4.10. The van der Waals surface area contributed by atoms with Crippen molar-refractivity contribution in [2.24, 2.45) is 5.92 Å². The topological polar surface area (TPSA) is 54.2 Å². The van der Waals surface area contributed by atoms with Gasteiger partial charge in [0.1, 0.15) is 0 Å². The van der Waals surface area contributed by atoms with Gasteiger partial charge in [-0.2, -0.15) is 18.2 Å². The third-order valence-corrected chi connectivity index (χ3v) is 4.74. The van der Waals surface area contributed by atoms with Gasteiger partial charge in [0.15, 0.2) is 5.82 Å².